The predicted molar refractivity (Wildman–Crippen MR) is 88.9 cm³/mol. The minimum atomic E-state index is 0.230. The number of aromatic amines is 1. The summed E-state index contributed by atoms with van der Waals surface area (Å²) in [5, 5.41) is 1.06. The molecule has 0 spiro atoms. The number of aromatic nitrogens is 2. The largest absolute Gasteiger partial charge is 0.469 e. The van der Waals surface area contributed by atoms with Gasteiger partial charge in [0.15, 0.2) is 4.77 Å². The smallest absolute Gasteiger partial charge is 0.178 e. The van der Waals surface area contributed by atoms with E-state index in [2.05, 4.69) is 16.5 Å². The molecule has 21 heavy (non-hydrogen) atoms. The van der Waals surface area contributed by atoms with Crippen molar-refractivity contribution in [3.8, 4) is 0 Å². The van der Waals surface area contributed by atoms with Crippen molar-refractivity contribution in [1.29, 1.82) is 0 Å². The van der Waals surface area contributed by atoms with Crippen LogP contribution in [0.3, 0.4) is 0 Å². The van der Waals surface area contributed by atoms with Crippen molar-refractivity contribution in [2.45, 2.75) is 25.8 Å². The van der Waals surface area contributed by atoms with Crippen LogP contribution < -0.4 is 0 Å². The lowest BCUT2D eigenvalue weighted by molar-refractivity contribution is 0.455. The van der Waals surface area contributed by atoms with Crippen molar-refractivity contribution in [1.82, 2.24) is 9.55 Å². The number of aryl methyl sites for hydroxylation is 1. The number of imidazole rings is 1. The molecule has 0 amide bonds. The van der Waals surface area contributed by atoms with Crippen LogP contribution in [0.25, 0.3) is 11.0 Å². The second-order valence-electron chi connectivity index (χ2n) is 5.05. The van der Waals surface area contributed by atoms with Crippen LogP contribution in [0.15, 0.2) is 34.9 Å². The Morgan fingerprint density at radius 2 is 2.10 bits per heavy atom. The van der Waals surface area contributed by atoms with Gasteiger partial charge in [-0.3, -0.25) is 0 Å². The van der Waals surface area contributed by atoms with Gasteiger partial charge in [-0.25, -0.2) is 0 Å². The van der Waals surface area contributed by atoms with Crippen molar-refractivity contribution in [3.63, 3.8) is 0 Å². The highest BCUT2D eigenvalue weighted by Gasteiger charge is 2.13. The summed E-state index contributed by atoms with van der Waals surface area (Å²) in [7, 11) is 0. The number of benzene rings is 1. The molecule has 1 unspecified atom stereocenters. The van der Waals surface area contributed by atoms with Gasteiger partial charge in [0.05, 0.1) is 27.3 Å². The summed E-state index contributed by atoms with van der Waals surface area (Å²) >= 11 is 17.6. The number of nitrogens with one attached hydrogen (secondary N) is 1. The first-order chi connectivity index (χ1) is 10.1. The first kappa shape index (κ1) is 14.7. The molecule has 6 heteroatoms. The fourth-order valence-corrected chi connectivity index (χ4v) is 3.20. The second-order valence-corrected chi connectivity index (χ2v) is 6.25. The maximum atomic E-state index is 6.12. The first-order valence-electron chi connectivity index (χ1n) is 6.68. The quantitative estimate of drug-likeness (QED) is 0.609. The van der Waals surface area contributed by atoms with Gasteiger partial charge in [-0.15, -0.1) is 0 Å². The van der Waals surface area contributed by atoms with Gasteiger partial charge in [0.2, 0.25) is 0 Å². The highest BCUT2D eigenvalue weighted by Crippen LogP contribution is 2.30. The summed E-state index contributed by atoms with van der Waals surface area (Å²) in [6.07, 6.45) is 3.48. The number of fused-ring (bicyclic) bond motifs is 1. The lowest BCUT2D eigenvalue weighted by atomic mass is 10.1. The van der Waals surface area contributed by atoms with Gasteiger partial charge < -0.3 is 14.0 Å². The zero-order valence-electron chi connectivity index (χ0n) is 11.4. The Balaban J connectivity index is 1.93. The zero-order chi connectivity index (χ0) is 15.0. The Morgan fingerprint density at radius 3 is 2.81 bits per heavy atom. The molecular weight excluding hydrogens is 327 g/mol. The van der Waals surface area contributed by atoms with Gasteiger partial charge >= 0.3 is 0 Å². The number of H-pyrrole nitrogens is 1. The third-order valence-electron chi connectivity index (χ3n) is 3.59. The molecule has 1 N–H and O–H groups in total. The maximum absolute atomic E-state index is 6.12. The predicted octanol–water partition coefficient (Wildman–Crippen LogP) is 5.79. The van der Waals surface area contributed by atoms with Crippen molar-refractivity contribution in [2.24, 2.45) is 0 Å². The van der Waals surface area contributed by atoms with Crippen molar-refractivity contribution in [3.05, 3.63) is 51.1 Å². The van der Waals surface area contributed by atoms with E-state index >= 15 is 0 Å². The lowest BCUT2D eigenvalue weighted by Gasteiger charge is -2.14. The summed E-state index contributed by atoms with van der Waals surface area (Å²) < 4.78 is 8.13. The van der Waals surface area contributed by atoms with Crippen molar-refractivity contribution in [2.75, 3.05) is 0 Å². The van der Waals surface area contributed by atoms with E-state index < -0.39 is 0 Å². The number of nitrogens with zero attached hydrogens (tertiary/aromatic N) is 1. The fraction of sp³-hybridized carbons (Fsp3) is 0.267. The molecule has 2 aromatic heterocycles. The number of halogens is 2. The molecule has 3 rings (SSSR count). The third-order valence-corrected chi connectivity index (χ3v) is 4.61. The van der Waals surface area contributed by atoms with E-state index in [1.165, 1.54) is 0 Å². The van der Waals surface area contributed by atoms with E-state index in [4.69, 9.17) is 39.8 Å². The fourth-order valence-electron chi connectivity index (χ4n) is 2.49. The van der Waals surface area contributed by atoms with Crippen molar-refractivity contribution < 1.29 is 4.42 Å². The van der Waals surface area contributed by atoms with E-state index in [0.29, 0.717) is 14.8 Å². The maximum Gasteiger partial charge on any atom is 0.178 e. The average Bonchev–Trinajstić information content (AvgIpc) is 3.04. The standard InChI is InChI=1S/C15H14Cl2N2OS/c1-9(4-5-10-3-2-6-20-10)19-14-8-12(17)11(16)7-13(14)18-15(19)21/h2-3,6-9H,4-5H2,1H3,(H,18,21). The van der Waals surface area contributed by atoms with Crippen LogP contribution in [-0.2, 0) is 6.42 Å². The minimum absolute atomic E-state index is 0.230. The van der Waals surface area contributed by atoms with Crippen LogP contribution in [0.5, 0.6) is 0 Å². The number of hydrogen-bond acceptors (Lipinski definition) is 2. The van der Waals surface area contributed by atoms with Crippen LogP contribution in [-0.4, -0.2) is 9.55 Å². The molecule has 0 fully saturated rings. The summed E-state index contributed by atoms with van der Waals surface area (Å²) in [5.41, 5.74) is 1.88. The Morgan fingerprint density at radius 1 is 1.33 bits per heavy atom. The Kier molecular flexibility index (Phi) is 4.11. The monoisotopic (exact) mass is 340 g/mol. The topological polar surface area (TPSA) is 33.9 Å². The van der Waals surface area contributed by atoms with Crippen LogP contribution in [0.2, 0.25) is 10.0 Å². The minimum Gasteiger partial charge on any atom is -0.469 e. The molecule has 2 heterocycles. The van der Waals surface area contributed by atoms with E-state index in [9.17, 15) is 0 Å². The number of hydrogen-bond donors (Lipinski definition) is 1. The molecule has 0 aliphatic rings. The second kappa shape index (κ2) is 5.87. The van der Waals surface area contributed by atoms with Gasteiger partial charge in [-0.05, 0) is 49.8 Å². The molecule has 0 radical (unpaired) electrons. The Bertz CT molecular complexity index is 820. The van der Waals surface area contributed by atoms with E-state index in [-0.39, 0.29) is 6.04 Å². The lowest BCUT2D eigenvalue weighted by Crippen LogP contribution is -2.06. The molecule has 0 bridgehead atoms. The van der Waals surface area contributed by atoms with Crippen LogP contribution in [0.1, 0.15) is 25.1 Å². The summed E-state index contributed by atoms with van der Waals surface area (Å²) in [4.78, 5) is 3.18. The molecule has 110 valence electrons. The number of furan rings is 1. The average molecular weight is 341 g/mol. The summed E-state index contributed by atoms with van der Waals surface area (Å²) in [5.74, 6) is 0.981. The molecular formula is C15H14Cl2N2OS. The van der Waals surface area contributed by atoms with Crippen molar-refractivity contribution >= 4 is 46.5 Å². The van der Waals surface area contributed by atoms with Crippen LogP contribution in [0.4, 0.5) is 0 Å². The molecule has 3 nitrogen and oxygen atoms in total. The van der Waals surface area contributed by atoms with Crippen LogP contribution in [0, 0.1) is 4.77 Å². The van der Waals surface area contributed by atoms with Gasteiger partial charge in [0, 0.05) is 12.5 Å². The van der Waals surface area contributed by atoms with Gasteiger partial charge in [0.25, 0.3) is 0 Å². The SMILES string of the molecule is CC(CCc1ccco1)n1c(=S)[nH]c2cc(Cl)c(Cl)cc21. The highest BCUT2D eigenvalue weighted by atomic mass is 35.5. The van der Waals surface area contributed by atoms with Crippen LogP contribution >= 0.6 is 35.4 Å². The van der Waals surface area contributed by atoms with Gasteiger partial charge in [0.1, 0.15) is 5.76 Å². The Hall–Kier alpha value is -1.23. The molecule has 0 aliphatic heterocycles. The van der Waals surface area contributed by atoms with E-state index in [1.54, 1.807) is 6.26 Å². The van der Waals surface area contributed by atoms with E-state index in [0.717, 1.165) is 29.6 Å². The molecule has 1 atom stereocenters. The zero-order valence-corrected chi connectivity index (χ0v) is 13.7. The highest BCUT2D eigenvalue weighted by molar-refractivity contribution is 7.71. The summed E-state index contributed by atoms with van der Waals surface area (Å²) in [6.45, 7) is 2.13. The summed E-state index contributed by atoms with van der Waals surface area (Å²) in [6, 6.07) is 7.78. The van der Waals surface area contributed by atoms with Gasteiger partial charge in [-0.2, -0.15) is 0 Å². The van der Waals surface area contributed by atoms with Gasteiger partial charge in [-0.1, -0.05) is 23.2 Å². The molecule has 0 saturated heterocycles. The Labute approximate surface area is 137 Å². The molecule has 3 aromatic rings. The number of rotatable bonds is 4. The molecule has 0 saturated carbocycles. The first-order valence-corrected chi connectivity index (χ1v) is 7.84. The normalized spacial score (nSPS) is 12.9. The van der Waals surface area contributed by atoms with E-state index in [1.807, 2.05) is 24.3 Å². The molecule has 1 aromatic carbocycles. The molecule has 0 aliphatic carbocycles. The third kappa shape index (κ3) is 2.89.